The molecule has 6 heteroatoms. The zero-order valence-corrected chi connectivity index (χ0v) is 17.3. The van der Waals surface area contributed by atoms with E-state index in [0.29, 0.717) is 18.8 Å². The highest BCUT2D eigenvalue weighted by molar-refractivity contribution is 5.96. The molecule has 0 aromatic carbocycles. The van der Waals surface area contributed by atoms with Crippen molar-refractivity contribution in [1.82, 2.24) is 14.8 Å². The number of piperidine rings is 2. The fourth-order valence-corrected chi connectivity index (χ4v) is 4.54. The molecule has 2 aliphatic rings. The van der Waals surface area contributed by atoms with Crippen LogP contribution in [-0.4, -0.2) is 52.3 Å². The predicted molar refractivity (Wildman–Crippen MR) is 110 cm³/mol. The number of hydrogen-bond acceptors (Lipinski definition) is 4. The van der Waals surface area contributed by atoms with Crippen LogP contribution in [0.15, 0.2) is 34.9 Å². The van der Waals surface area contributed by atoms with E-state index in [1.54, 1.807) is 12.1 Å². The van der Waals surface area contributed by atoms with Crippen molar-refractivity contribution < 1.29 is 14.0 Å². The van der Waals surface area contributed by atoms with Crippen molar-refractivity contribution in [2.45, 2.75) is 57.9 Å². The molecule has 154 valence electrons. The lowest BCUT2D eigenvalue weighted by molar-refractivity contribution is 0.0625. The number of aromatic nitrogens is 1. The molecule has 4 rings (SSSR count). The summed E-state index contributed by atoms with van der Waals surface area (Å²) in [4.78, 5) is 34.5. The summed E-state index contributed by atoms with van der Waals surface area (Å²) in [6.07, 6.45) is 6.45. The average Bonchev–Trinajstić information content (AvgIpc) is 3.28. The zero-order chi connectivity index (χ0) is 20.4. The van der Waals surface area contributed by atoms with Crippen LogP contribution >= 0.6 is 0 Å². The summed E-state index contributed by atoms with van der Waals surface area (Å²) >= 11 is 0. The number of carbonyl (C=O) groups is 2. The molecule has 0 bridgehead atoms. The van der Waals surface area contributed by atoms with E-state index < -0.39 is 0 Å². The summed E-state index contributed by atoms with van der Waals surface area (Å²) in [6, 6.07) is 7.59. The quantitative estimate of drug-likeness (QED) is 0.787. The molecule has 2 saturated heterocycles. The number of furan rings is 1. The van der Waals surface area contributed by atoms with E-state index in [1.165, 1.54) is 12.7 Å². The van der Waals surface area contributed by atoms with Crippen molar-refractivity contribution in [3.8, 4) is 0 Å². The number of amides is 2. The lowest BCUT2D eigenvalue weighted by Crippen LogP contribution is -2.43. The Morgan fingerprint density at radius 1 is 1.03 bits per heavy atom. The number of pyridine rings is 1. The summed E-state index contributed by atoms with van der Waals surface area (Å²) in [7, 11) is 0. The Balaban J connectivity index is 1.51. The summed E-state index contributed by atoms with van der Waals surface area (Å²) in [6.45, 7) is 6.22. The Labute approximate surface area is 171 Å². The molecule has 0 N–H and O–H groups in total. The summed E-state index contributed by atoms with van der Waals surface area (Å²) in [5.74, 6) is 0.611. The first-order valence-corrected chi connectivity index (χ1v) is 10.7. The van der Waals surface area contributed by atoms with Crippen molar-refractivity contribution in [1.29, 1.82) is 0 Å². The van der Waals surface area contributed by atoms with Crippen molar-refractivity contribution in [3.05, 3.63) is 53.2 Å². The van der Waals surface area contributed by atoms with Gasteiger partial charge in [-0.2, -0.15) is 0 Å². The van der Waals surface area contributed by atoms with Gasteiger partial charge in [0.05, 0.1) is 17.5 Å². The van der Waals surface area contributed by atoms with Crippen LogP contribution in [-0.2, 0) is 0 Å². The first-order chi connectivity index (χ1) is 14.0. The molecule has 0 aliphatic carbocycles. The van der Waals surface area contributed by atoms with Crippen LogP contribution in [0.5, 0.6) is 0 Å². The van der Waals surface area contributed by atoms with Crippen LogP contribution in [0.2, 0.25) is 0 Å². The molecule has 1 atom stereocenters. The number of carbonyl (C=O) groups excluding carboxylic acids is 2. The van der Waals surface area contributed by atoms with Crippen molar-refractivity contribution in [3.63, 3.8) is 0 Å². The van der Waals surface area contributed by atoms with Gasteiger partial charge in [0.2, 0.25) is 0 Å². The Hall–Kier alpha value is -2.63. The van der Waals surface area contributed by atoms with E-state index >= 15 is 0 Å². The van der Waals surface area contributed by atoms with Gasteiger partial charge in [0, 0.05) is 37.3 Å². The highest BCUT2D eigenvalue weighted by Crippen LogP contribution is 2.31. The fraction of sp³-hybridized carbons (Fsp3) is 0.522. The Kier molecular flexibility index (Phi) is 5.69. The maximum absolute atomic E-state index is 13.3. The third kappa shape index (κ3) is 4.07. The molecule has 29 heavy (non-hydrogen) atoms. The summed E-state index contributed by atoms with van der Waals surface area (Å²) < 4.78 is 5.25. The second-order valence-electron chi connectivity index (χ2n) is 8.27. The van der Waals surface area contributed by atoms with Crippen LogP contribution in [0.3, 0.4) is 0 Å². The Morgan fingerprint density at radius 3 is 2.52 bits per heavy atom. The molecule has 2 aromatic rings. The molecule has 2 amide bonds. The molecule has 1 unspecified atom stereocenters. The average molecular weight is 396 g/mol. The Morgan fingerprint density at radius 2 is 1.83 bits per heavy atom. The maximum atomic E-state index is 13.3. The van der Waals surface area contributed by atoms with Gasteiger partial charge in [0.15, 0.2) is 5.76 Å². The third-order valence-corrected chi connectivity index (χ3v) is 6.26. The maximum Gasteiger partial charge on any atom is 0.289 e. The van der Waals surface area contributed by atoms with Gasteiger partial charge >= 0.3 is 0 Å². The van der Waals surface area contributed by atoms with E-state index in [0.717, 1.165) is 49.2 Å². The van der Waals surface area contributed by atoms with Gasteiger partial charge < -0.3 is 14.2 Å². The molecule has 0 spiro atoms. The lowest BCUT2D eigenvalue weighted by atomic mass is 9.89. The lowest BCUT2D eigenvalue weighted by Gasteiger charge is -2.35. The zero-order valence-electron chi connectivity index (χ0n) is 17.3. The Bertz CT molecular complexity index is 869. The van der Waals surface area contributed by atoms with Crippen LogP contribution in [0.1, 0.15) is 77.2 Å². The molecule has 2 aliphatic heterocycles. The first-order valence-electron chi connectivity index (χ1n) is 10.7. The van der Waals surface area contributed by atoms with Crippen molar-refractivity contribution in [2.24, 2.45) is 0 Å². The van der Waals surface area contributed by atoms with E-state index in [4.69, 9.17) is 9.40 Å². The second-order valence-corrected chi connectivity index (χ2v) is 8.27. The van der Waals surface area contributed by atoms with Gasteiger partial charge in [0.25, 0.3) is 11.8 Å². The minimum atomic E-state index is -0.0657. The van der Waals surface area contributed by atoms with Gasteiger partial charge in [-0.15, -0.1) is 0 Å². The summed E-state index contributed by atoms with van der Waals surface area (Å²) in [5.41, 5.74) is 2.57. The smallest absolute Gasteiger partial charge is 0.289 e. The van der Waals surface area contributed by atoms with E-state index in [1.807, 2.05) is 28.9 Å². The third-order valence-electron chi connectivity index (χ3n) is 6.26. The van der Waals surface area contributed by atoms with Gasteiger partial charge in [-0.1, -0.05) is 0 Å². The van der Waals surface area contributed by atoms with Crippen molar-refractivity contribution in [2.75, 3.05) is 19.6 Å². The number of hydrogen-bond donors (Lipinski definition) is 0. The van der Waals surface area contributed by atoms with E-state index in [-0.39, 0.29) is 23.8 Å². The van der Waals surface area contributed by atoms with E-state index in [2.05, 4.69) is 6.92 Å². The fourth-order valence-electron chi connectivity index (χ4n) is 4.54. The highest BCUT2D eigenvalue weighted by Gasteiger charge is 2.31. The summed E-state index contributed by atoms with van der Waals surface area (Å²) in [5, 5.41) is 0. The minimum absolute atomic E-state index is 0.0657. The molecule has 2 fully saturated rings. The topological polar surface area (TPSA) is 66.7 Å². The largest absolute Gasteiger partial charge is 0.459 e. The first kappa shape index (κ1) is 19.7. The molecule has 4 heterocycles. The molecular formula is C23H29N3O3. The van der Waals surface area contributed by atoms with Crippen LogP contribution in [0, 0.1) is 6.92 Å². The van der Waals surface area contributed by atoms with Crippen LogP contribution in [0.25, 0.3) is 0 Å². The van der Waals surface area contributed by atoms with Gasteiger partial charge in [-0.25, -0.2) is 0 Å². The molecule has 2 aromatic heterocycles. The number of aryl methyl sites for hydroxylation is 1. The van der Waals surface area contributed by atoms with Gasteiger partial charge in [0.1, 0.15) is 0 Å². The van der Waals surface area contributed by atoms with Crippen molar-refractivity contribution >= 4 is 11.8 Å². The van der Waals surface area contributed by atoms with E-state index in [9.17, 15) is 9.59 Å². The highest BCUT2D eigenvalue weighted by atomic mass is 16.3. The van der Waals surface area contributed by atoms with Crippen LogP contribution in [0.4, 0.5) is 0 Å². The SMILES string of the molecule is Cc1ccc(C(=O)N2CCCCC2C)c(C2CCN(C(=O)c3ccco3)CC2)n1. The van der Waals surface area contributed by atoms with Gasteiger partial charge in [-0.05, 0) is 70.2 Å². The standard InChI is InChI=1S/C23H29N3O3/c1-16-8-9-19(22(27)26-12-4-3-6-17(26)2)21(24-16)18-10-13-25(14-11-18)23(28)20-7-5-15-29-20/h5,7-9,15,17-18H,3-4,6,10-14H2,1-2H3. The minimum Gasteiger partial charge on any atom is -0.459 e. The number of likely N-dealkylation sites (tertiary alicyclic amines) is 2. The number of rotatable bonds is 3. The molecular weight excluding hydrogens is 366 g/mol. The number of nitrogens with zero attached hydrogens (tertiary/aromatic N) is 3. The molecule has 0 saturated carbocycles. The normalized spacial score (nSPS) is 20.7. The van der Waals surface area contributed by atoms with Crippen LogP contribution < -0.4 is 0 Å². The predicted octanol–water partition coefficient (Wildman–Crippen LogP) is 4.02. The monoisotopic (exact) mass is 395 g/mol. The molecule has 6 nitrogen and oxygen atoms in total. The second kappa shape index (κ2) is 8.39. The van der Waals surface area contributed by atoms with Gasteiger partial charge in [-0.3, -0.25) is 14.6 Å². The molecule has 0 radical (unpaired) electrons.